The highest BCUT2D eigenvalue weighted by Gasteiger charge is 2.36. The molecular weight excluding hydrogens is 349 g/mol. The number of fused-ring (bicyclic) bond motifs is 1. The number of hydrogen-bond donors (Lipinski definition) is 2. The average Bonchev–Trinajstić information content (AvgIpc) is 2.48. The molecular formula is C15H8F5N3O2. The highest BCUT2D eigenvalue weighted by atomic mass is 19.4. The molecule has 25 heavy (non-hydrogen) atoms. The Balaban J connectivity index is 2.54. The average molecular weight is 357 g/mol. The molecule has 0 amide bonds. The number of pyridine rings is 1. The van der Waals surface area contributed by atoms with E-state index < -0.39 is 51.3 Å². The van der Waals surface area contributed by atoms with E-state index in [9.17, 15) is 31.5 Å². The molecule has 0 bridgehead atoms. The van der Waals surface area contributed by atoms with Gasteiger partial charge >= 0.3 is 11.9 Å². The second kappa shape index (κ2) is 5.50. The van der Waals surface area contributed by atoms with Crippen LogP contribution in [-0.2, 0) is 6.18 Å². The van der Waals surface area contributed by atoms with Gasteiger partial charge in [0.1, 0.15) is 11.5 Å². The number of aromatic nitrogens is 3. The molecule has 0 spiro atoms. The normalized spacial score (nSPS) is 11.9. The summed E-state index contributed by atoms with van der Waals surface area (Å²) in [4.78, 5) is 30.7. The van der Waals surface area contributed by atoms with Crippen LogP contribution >= 0.6 is 0 Å². The quantitative estimate of drug-likeness (QED) is 0.658. The topological polar surface area (TPSA) is 78.6 Å². The first-order valence-electron chi connectivity index (χ1n) is 6.78. The Labute approximate surface area is 135 Å². The summed E-state index contributed by atoms with van der Waals surface area (Å²) in [7, 11) is 0. The maximum Gasteiger partial charge on any atom is 0.417 e. The lowest BCUT2D eigenvalue weighted by molar-refractivity contribution is -0.137. The Morgan fingerprint density at radius 1 is 1.08 bits per heavy atom. The highest BCUT2D eigenvalue weighted by molar-refractivity contribution is 5.89. The third-order valence-electron chi connectivity index (χ3n) is 3.64. The van der Waals surface area contributed by atoms with Crippen LogP contribution in [0, 0.1) is 18.6 Å². The molecule has 2 aromatic heterocycles. The Kier molecular flexibility index (Phi) is 3.70. The number of H-pyrrole nitrogens is 2. The Morgan fingerprint density at radius 2 is 1.76 bits per heavy atom. The number of halogens is 5. The van der Waals surface area contributed by atoms with E-state index in [1.165, 1.54) is 6.92 Å². The van der Waals surface area contributed by atoms with Gasteiger partial charge in [0.2, 0.25) is 0 Å². The molecule has 0 aliphatic carbocycles. The highest BCUT2D eigenvalue weighted by Crippen LogP contribution is 2.41. The molecule has 0 saturated carbocycles. The van der Waals surface area contributed by atoms with Crippen LogP contribution in [0.1, 0.15) is 11.1 Å². The van der Waals surface area contributed by atoms with E-state index in [2.05, 4.69) is 9.97 Å². The van der Waals surface area contributed by atoms with E-state index in [1.807, 2.05) is 4.98 Å². The lowest BCUT2D eigenvalue weighted by Crippen LogP contribution is -2.23. The van der Waals surface area contributed by atoms with E-state index in [-0.39, 0.29) is 11.1 Å². The molecule has 3 rings (SSSR count). The van der Waals surface area contributed by atoms with E-state index >= 15 is 0 Å². The monoisotopic (exact) mass is 357 g/mol. The van der Waals surface area contributed by atoms with Crippen molar-refractivity contribution < 1.29 is 22.0 Å². The first kappa shape index (κ1) is 16.8. The van der Waals surface area contributed by atoms with Crippen molar-refractivity contribution in [3.05, 3.63) is 61.9 Å². The third kappa shape index (κ3) is 2.79. The molecule has 10 heteroatoms. The summed E-state index contributed by atoms with van der Waals surface area (Å²) in [6.45, 7) is 1.17. The number of benzene rings is 1. The summed E-state index contributed by atoms with van der Waals surface area (Å²) in [5.41, 5.74) is -5.11. The van der Waals surface area contributed by atoms with Gasteiger partial charge in [-0.25, -0.2) is 13.6 Å². The minimum absolute atomic E-state index is 0.192. The van der Waals surface area contributed by atoms with Gasteiger partial charge < -0.3 is 4.98 Å². The number of nitrogens with zero attached hydrogens (tertiary/aromatic N) is 1. The van der Waals surface area contributed by atoms with Crippen LogP contribution in [0.15, 0.2) is 27.9 Å². The minimum atomic E-state index is -4.95. The van der Waals surface area contributed by atoms with Crippen molar-refractivity contribution in [3.63, 3.8) is 0 Å². The van der Waals surface area contributed by atoms with Crippen molar-refractivity contribution >= 4 is 10.9 Å². The maximum absolute atomic E-state index is 14.0. The summed E-state index contributed by atoms with van der Waals surface area (Å²) in [5, 5.41) is -0.421. The molecule has 2 N–H and O–H groups in total. The summed E-state index contributed by atoms with van der Waals surface area (Å²) >= 11 is 0. The van der Waals surface area contributed by atoms with Crippen LogP contribution in [0.25, 0.3) is 22.2 Å². The lowest BCUT2D eigenvalue weighted by Gasteiger charge is -2.17. The molecule has 130 valence electrons. The Bertz CT molecular complexity index is 1120. The Hall–Kier alpha value is -3.04. The van der Waals surface area contributed by atoms with Crippen LogP contribution in [0.2, 0.25) is 0 Å². The van der Waals surface area contributed by atoms with Crippen LogP contribution in [0.5, 0.6) is 0 Å². The second-order valence-corrected chi connectivity index (χ2v) is 5.24. The fraction of sp³-hybridized carbons (Fsp3) is 0.133. The first-order valence-corrected chi connectivity index (χ1v) is 6.78. The molecule has 0 saturated heterocycles. The van der Waals surface area contributed by atoms with Gasteiger partial charge in [-0.05, 0) is 18.6 Å². The fourth-order valence-corrected chi connectivity index (χ4v) is 2.60. The fourth-order valence-electron chi connectivity index (χ4n) is 2.60. The second-order valence-electron chi connectivity index (χ2n) is 5.24. The molecule has 5 nitrogen and oxygen atoms in total. The van der Waals surface area contributed by atoms with Crippen LogP contribution in [0.4, 0.5) is 22.0 Å². The molecule has 3 aromatic rings. The molecule has 0 aliphatic rings. The number of rotatable bonds is 1. The van der Waals surface area contributed by atoms with Crippen LogP contribution in [0.3, 0.4) is 0 Å². The zero-order valence-corrected chi connectivity index (χ0v) is 12.4. The van der Waals surface area contributed by atoms with Crippen molar-refractivity contribution in [1.29, 1.82) is 0 Å². The zero-order valence-electron chi connectivity index (χ0n) is 12.4. The predicted molar refractivity (Wildman–Crippen MR) is 78.1 cm³/mol. The van der Waals surface area contributed by atoms with Crippen molar-refractivity contribution in [3.8, 4) is 11.3 Å². The van der Waals surface area contributed by atoms with E-state index in [0.717, 1.165) is 0 Å². The zero-order chi connectivity index (χ0) is 18.5. The molecule has 0 aliphatic heterocycles. The van der Waals surface area contributed by atoms with Crippen molar-refractivity contribution in [2.45, 2.75) is 13.1 Å². The number of hydrogen-bond acceptors (Lipinski definition) is 3. The molecule has 0 unspecified atom stereocenters. The van der Waals surface area contributed by atoms with Gasteiger partial charge in [0, 0.05) is 11.6 Å². The standard InChI is InChI=1S/C15H8F5N3O2/c1-5-10(12-9(17)2-6(16)4-21-12)8(15(18,19)20)3-7-11(5)22-14(25)23-13(7)24/h2-4H,1H3,(H2,22,23,24,25). The van der Waals surface area contributed by atoms with Crippen molar-refractivity contribution in [2.24, 2.45) is 0 Å². The van der Waals surface area contributed by atoms with Gasteiger partial charge in [-0.1, -0.05) is 0 Å². The molecule has 1 aromatic carbocycles. The number of aromatic amines is 2. The molecule has 2 heterocycles. The van der Waals surface area contributed by atoms with E-state index in [4.69, 9.17) is 0 Å². The van der Waals surface area contributed by atoms with Gasteiger partial charge in [0.05, 0.1) is 22.7 Å². The summed E-state index contributed by atoms with van der Waals surface area (Å²) in [6.07, 6.45) is -4.37. The van der Waals surface area contributed by atoms with E-state index in [0.29, 0.717) is 18.3 Å². The van der Waals surface area contributed by atoms with Gasteiger partial charge in [-0.3, -0.25) is 14.8 Å². The van der Waals surface area contributed by atoms with Crippen molar-refractivity contribution in [2.75, 3.05) is 0 Å². The Morgan fingerprint density at radius 3 is 2.36 bits per heavy atom. The van der Waals surface area contributed by atoms with Gasteiger partial charge in [0.15, 0.2) is 5.82 Å². The summed E-state index contributed by atoms with van der Waals surface area (Å²) in [6, 6.07) is 0.892. The summed E-state index contributed by atoms with van der Waals surface area (Å²) < 4.78 is 67.4. The number of aryl methyl sites for hydroxylation is 1. The van der Waals surface area contributed by atoms with Gasteiger partial charge in [-0.2, -0.15) is 13.2 Å². The minimum Gasteiger partial charge on any atom is -0.307 e. The van der Waals surface area contributed by atoms with E-state index in [1.54, 1.807) is 0 Å². The van der Waals surface area contributed by atoms with Crippen molar-refractivity contribution in [1.82, 2.24) is 15.0 Å². The third-order valence-corrected chi connectivity index (χ3v) is 3.64. The number of nitrogens with one attached hydrogen (secondary N) is 2. The maximum atomic E-state index is 14.0. The molecule has 0 fully saturated rings. The largest absolute Gasteiger partial charge is 0.417 e. The van der Waals surface area contributed by atoms with Crippen LogP contribution in [-0.4, -0.2) is 15.0 Å². The lowest BCUT2D eigenvalue weighted by atomic mass is 9.95. The summed E-state index contributed by atoms with van der Waals surface area (Å²) in [5.74, 6) is -2.36. The smallest absolute Gasteiger partial charge is 0.307 e. The SMILES string of the molecule is Cc1c(-c2ncc(F)cc2F)c(C(F)(F)F)cc2c(=O)[nH]c(=O)[nH]c12. The molecule has 0 atom stereocenters. The molecule has 0 radical (unpaired) electrons. The van der Waals surface area contributed by atoms with Gasteiger partial charge in [-0.15, -0.1) is 0 Å². The number of alkyl halides is 3. The van der Waals surface area contributed by atoms with Gasteiger partial charge in [0.25, 0.3) is 5.56 Å². The predicted octanol–water partition coefficient (Wildman–Crippen LogP) is 2.88. The van der Waals surface area contributed by atoms with Crippen LogP contribution < -0.4 is 11.2 Å². The first-order chi connectivity index (χ1) is 11.6.